The smallest absolute Gasteiger partial charge is 0.272 e. The molecular formula is C24H21IN2O4. The van der Waals surface area contributed by atoms with E-state index in [1.54, 1.807) is 60.7 Å². The van der Waals surface area contributed by atoms with Crippen LogP contribution >= 0.6 is 22.6 Å². The van der Waals surface area contributed by atoms with Crippen molar-refractivity contribution in [2.45, 2.75) is 0 Å². The van der Waals surface area contributed by atoms with E-state index >= 15 is 0 Å². The summed E-state index contributed by atoms with van der Waals surface area (Å²) in [5, 5.41) is 5.53. The fourth-order valence-corrected chi connectivity index (χ4v) is 3.21. The fraction of sp³-hybridized carbons (Fsp3) is 0.0833. The maximum Gasteiger partial charge on any atom is 0.272 e. The molecule has 0 aromatic heterocycles. The van der Waals surface area contributed by atoms with Crippen LogP contribution in [-0.4, -0.2) is 26.0 Å². The summed E-state index contributed by atoms with van der Waals surface area (Å²) in [7, 11) is 3.05. The van der Waals surface area contributed by atoms with Gasteiger partial charge >= 0.3 is 0 Å². The number of anilines is 1. The van der Waals surface area contributed by atoms with Gasteiger partial charge in [-0.05, 0) is 71.1 Å². The van der Waals surface area contributed by atoms with Crippen LogP contribution in [0.2, 0.25) is 0 Å². The van der Waals surface area contributed by atoms with Gasteiger partial charge in [-0.3, -0.25) is 9.59 Å². The van der Waals surface area contributed by atoms with E-state index < -0.39 is 11.8 Å². The van der Waals surface area contributed by atoms with Gasteiger partial charge in [-0.25, -0.2) is 0 Å². The third-order valence-corrected chi connectivity index (χ3v) is 5.08. The second kappa shape index (κ2) is 10.6. The molecule has 0 aliphatic heterocycles. The molecule has 0 saturated carbocycles. The lowest BCUT2D eigenvalue weighted by molar-refractivity contribution is -0.113. The highest BCUT2D eigenvalue weighted by Crippen LogP contribution is 2.32. The molecule has 0 heterocycles. The molecule has 0 saturated heterocycles. The summed E-state index contributed by atoms with van der Waals surface area (Å²) in [4.78, 5) is 25.8. The Labute approximate surface area is 194 Å². The van der Waals surface area contributed by atoms with Crippen LogP contribution in [0.15, 0.2) is 78.5 Å². The van der Waals surface area contributed by atoms with Crippen molar-refractivity contribution in [1.29, 1.82) is 0 Å². The first-order valence-corrected chi connectivity index (χ1v) is 10.5. The maximum atomic E-state index is 13.1. The van der Waals surface area contributed by atoms with E-state index in [2.05, 4.69) is 33.2 Å². The maximum absolute atomic E-state index is 13.1. The highest BCUT2D eigenvalue weighted by atomic mass is 127. The van der Waals surface area contributed by atoms with E-state index in [1.807, 2.05) is 18.2 Å². The summed E-state index contributed by atoms with van der Waals surface area (Å²) >= 11 is 2.19. The zero-order valence-corrected chi connectivity index (χ0v) is 19.2. The van der Waals surface area contributed by atoms with Gasteiger partial charge < -0.3 is 20.1 Å². The van der Waals surface area contributed by atoms with E-state index in [0.29, 0.717) is 28.3 Å². The van der Waals surface area contributed by atoms with Crippen molar-refractivity contribution in [2.24, 2.45) is 0 Å². The van der Waals surface area contributed by atoms with E-state index in [4.69, 9.17) is 9.47 Å². The van der Waals surface area contributed by atoms with Gasteiger partial charge in [0.25, 0.3) is 11.8 Å². The van der Waals surface area contributed by atoms with Crippen molar-refractivity contribution in [2.75, 3.05) is 19.5 Å². The largest absolute Gasteiger partial charge is 0.493 e. The van der Waals surface area contributed by atoms with Crippen molar-refractivity contribution in [3.05, 3.63) is 93.2 Å². The van der Waals surface area contributed by atoms with E-state index in [0.717, 1.165) is 3.57 Å². The Hall–Kier alpha value is -3.33. The number of carbonyl (C=O) groups excluding carboxylic acids is 2. The Morgan fingerprint density at radius 1 is 0.871 bits per heavy atom. The number of ether oxygens (including phenoxy) is 2. The molecule has 7 heteroatoms. The van der Waals surface area contributed by atoms with Crippen LogP contribution in [0.25, 0.3) is 6.08 Å². The standard InChI is InChI=1S/C24H21IN2O4/c1-30-21-10-6-9-17(22(21)31-2)15-20(27-23(28)16-7-4-3-5-8-16)24(29)26-19-13-11-18(25)12-14-19/h3-15H,1-2H3,(H,26,29)(H,27,28). The second-order valence-electron chi connectivity index (χ2n) is 6.42. The summed E-state index contributed by atoms with van der Waals surface area (Å²) in [5.41, 5.74) is 1.71. The molecule has 0 aliphatic carbocycles. The molecule has 0 unspecified atom stereocenters. The molecule has 0 atom stereocenters. The first-order valence-electron chi connectivity index (χ1n) is 9.38. The van der Waals surface area contributed by atoms with Gasteiger partial charge in [-0.2, -0.15) is 0 Å². The molecule has 0 aliphatic rings. The summed E-state index contributed by atoms with van der Waals surface area (Å²) in [6, 6.07) is 21.3. The quantitative estimate of drug-likeness (QED) is 0.344. The number of carbonyl (C=O) groups is 2. The Kier molecular flexibility index (Phi) is 7.66. The molecule has 0 radical (unpaired) electrons. The Bertz CT molecular complexity index is 1100. The number of nitrogens with one attached hydrogen (secondary N) is 2. The third kappa shape index (κ3) is 5.85. The monoisotopic (exact) mass is 528 g/mol. The Morgan fingerprint density at radius 3 is 2.23 bits per heavy atom. The van der Waals surface area contributed by atoms with Gasteiger partial charge in [0.15, 0.2) is 11.5 Å². The Balaban J connectivity index is 1.97. The van der Waals surface area contributed by atoms with Crippen LogP contribution in [0.4, 0.5) is 5.69 Å². The topological polar surface area (TPSA) is 76.7 Å². The van der Waals surface area contributed by atoms with Gasteiger partial charge in [-0.1, -0.05) is 30.3 Å². The van der Waals surface area contributed by atoms with E-state index in [9.17, 15) is 9.59 Å². The predicted octanol–water partition coefficient (Wildman–Crippen LogP) is 4.72. The molecule has 31 heavy (non-hydrogen) atoms. The number of hydrogen-bond acceptors (Lipinski definition) is 4. The van der Waals surface area contributed by atoms with Gasteiger partial charge in [-0.15, -0.1) is 0 Å². The van der Waals surface area contributed by atoms with Gasteiger partial charge in [0.2, 0.25) is 0 Å². The molecule has 158 valence electrons. The highest BCUT2D eigenvalue weighted by molar-refractivity contribution is 14.1. The van der Waals surface area contributed by atoms with Crippen LogP contribution in [-0.2, 0) is 4.79 Å². The fourth-order valence-electron chi connectivity index (χ4n) is 2.86. The molecule has 3 aromatic rings. The number of rotatable bonds is 7. The average molecular weight is 528 g/mol. The Morgan fingerprint density at radius 2 is 1.58 bits per heavy atom. The molecule has 0 spiro atoms. The van der Waals surface area contributed by atoms with Crippen LogP contribution in [0.3, 0.4) is 0 Å². The van der Waals surface area contributed by atoms with Crippen molar-refractivity contribution in [3.8, 4) is 11.5 Å². The zero-order valence-electron chi connectivity index (χ0n) is 17.0. The second-order valence-corrected chi connectivity index (χ2v) is 7.67. The first-order chi connectivity index (χ1) is 15.0. The van der Waals surface area contributed by atoms with Crippen molar-refractivity contribution >= 4 is 46.2 Å². The molecule has 3 rings (SSSR count). The molecule has 3 aromatic carbocycles. The number of halogens is 1. The molecule has 6 nitrogen and oxygen atoms in total. The van der Waals surface area contributed by atoms with Gasteiger partial charge in [0, 0.05) is 20.4 Å². The number of amides is 2. The van der Waals surface area contributed by atoms with Gasteiger partial charge in [0.05, 0.1) is 14.2 Å². The predicted molar refractivity (Wildman–Crippen MR) is 129 cm³/mol. The van der Waals surface area contributed by atoms with Crippen molar-refractivity contribution in [1.82, 2.24) is 5.32 Å². The SMILES string of the molecule is COc1cccc(C=C(NC(=O)c2ccccc2)C(=O)Nc2ccc(I)cc2)c1OC. The first kappa shape index (κ1) is 22.4. The van der Waals surface area contributed by atoms with Crippen LogP contribution in [0.5, 0.6) is 11.5 Å². The lowest BCUT2D eigenvalue weighted by Gasteiger charge is -2.14. The minimum Gasteiger partial charge on any atom is -0.493 e. The summed E-state index contributed by atoms with van der Waals surface area (Å²) < 4.78 is 11.8. The number of methoxy groups -OCH3 is 2. The number of hydrogen-bond donors (Lipinski definition) is 2. The van der Waals surface area contributed by atoms with Crippen LogP contribution in [0, 0.1) is 3.57 Å². The van der Waals surface area contributed by atoms with Crippen molar-refractivity contribution < 1.29 is 19.1 Å². The molecule has 0 bridgehead atoms. The molecule has 0 fully saturated rings. The zero-order chi connectivity index (χ0) is 22.2. The normalized spacial score (nSPS) is 10.9. The molecule has 2 amide bonds. The summed E-state index contributed by atoms with van der Waals surface area (Å²) in [5.74, 6) is 0.114. The lowest BCUT2D eigenvalue weighted by atomic mass is 10.1. The number of para-hydroxylation sites is 1. The highest BCUT2D eigenvalue weighted by Gasteiger charge is 2.17. The minimum absolute atomic E-state index is 0.0685. The van der Waals surface area contributed by atoms with E-state index in [-0.39, 0.29) is 5.70 Å². The summed E-state index contributed by atoms with van der Waals surface area (Å²) in [6.45, 7) is 0. The minimum atomic E-state index is -0.463. The number of benzene rings is 3. The van der Waals surface area contributed by atoms with E-state index in [1.165, 1.54) is 14.2 Å². The van der Waals surface area contributed by atoms with Crippen LogP contribution in [0.1, 0.15) is 15.9 Å². The third-order valence-electron chi connectivity index (χ3n) is 4.36. The average Bonchev–Trinajstić information content (AvgIpc) is 2.80. The van der Waals surface area contributed by atoms with Crippen molar-refractivity contribution in [3.63, 3.8) is 0 Å². The molecule has 2 N–H and O–H groups in total. The molecular weight excluding hydrogens is 507 g/mol. The van der Waals surface area contributed by atoms with Gasteiger partial charge in [0.1, 0.15) is 5.70 Å². The van der Waals surface area contributed by atoms with Crippen LogP contribution < -0.4 is 20.1 Å². The summed E-state index contributed by atoms with van der Waals surface area (Å²) in [6.07, 6.45) is 1.56. The lowest BCUT2D eigenvalue weighted by Crippen LogP contribution is -2.30.